The van der Waals surface area contributed by atoms with E-state index in [2.05, 4.69) is 4.90 Å². The van der Waals surface area contributed by atoms with Crippen LogP contribution in [0.15, 0.2) is 24.3 Å². The van der Waals surface area contributed by atoms with Crippen LogP contribution in [0.5, 0.6) is 0 Å². The summed E-state index contributed by atoms with van der Waals surface area (Å²) in [7, 11) is 1.71. The largest absolute Gasteiger partial charge is 0.481 e. The summed E-state index contributed by atoms with van der Waals surface area (Å²) in [6.07, 6.45) is 0.528. The normalized spacial score (nSPS) is 14.7. The van der Waals surface area contributed by atoms with Crippen molar-refractivity contribution in [1.29, 1.82) is 0 Å². The number of rotatable bonds is 6. The van der Waals surface area contributed by atoms with Gasteiger partial charge in [0.15, 0.2) is 0 Å². The zero-order chi connectivity index (χ0) is 15.9. The summed E-state index contributed by atoms with van der Waals surface area (Å²) in [6, 6.07) is 7.54. The van der Waals surface area contributed by atoms with Gasteiger partial charge in [-0.05, 0) is 18.6 Å². The number of hydrogen-bond acceptors (Lipinski definition) is 4. The molecule has 120 valence electrons. The van der Waals surface area contributed by atoms with Crippen molar-refractivity contribution in [3.05, 3.63) is 29.8 Å². The van der Waals surface area contributed by atoms with Gasteiger partial charge in [-0.25, -0.2) is 0 Å². The molecule has 0 radical (unpaired) electrons. The van der Waals surface area contributed by atoms with E-state index in [-0.39, 0.29) is 12.3 Å². The van der Waals surface area contributed by atoms with Gasteiger partial charge in [0.05, 0.1) is 18.8 Å². The number of anilines is 1. The smallest absolute Gasteiger partial charge is 0.303 e. The third kappa shape index (κ3) is 4.21. The van der Waals surface area contributed by atoms with E-state index in [1.165, 1.54) is 0 Å². The highest BCUT2D eigenvalue weighted by atomic mass is 16.5. The quantitative estimate of drug-likeness (QED) is 0.861. The zero-order valence-corrected chi connectivity index (χ0v) is 12.8. The van der Waals surface area contributed by atoms with E-state index in [9.17, 15) is 9.59 Å². The molecule has 2 rings (SSSR count). The van der Waals surface area contributed by atoms with Crippen LogP contribution in [0.3, 0.4) is 0 Å². The van der Waals surface area contributed by atoms with Gasteiger partial charge in [0, 0.05) is 38.8 Å². The van der Waals surface area contributed by atoms with Gasteiger partial charge in [-0.15, -0.1) is 0 Å². The van der Waals surface area contributed by atoms with Gasteiger partial charge < -0.3 is 19.6 Å². The zero-order valence-electron chi connectivity index (χ0n) is 12.8. The van der Waals surface area contributed by atoms with Crippen molar-refractivity contribution in [3.8, 4) is 0 Å². The summed E-state index contributed by atoms with van der Waals surface area (Å²) in [5, 5.41) is 8.67. The molecule has 1 heterocycles. The van der Waals surface area contributed by atoms with Crippen LogP contribution in [-0.4, -0.2) is 61.8 Å². The van der Waals surface area contributed by atoms with E-state index in [1.807, 2.05) is 24.3 Å². The molecule has 0 unspecified atom stereocenters. The first-order valence-electron chi connectivity index (χ1n) is 7.48. The van der Waals surface area contributed by atoms with Gasteiger partial charge in [0.25, 0.3) is 5.91 Å². The Balaban J connectivity index is 2.06. The molecule has 0 spiro atoms. The van der Waals surface area contributed by atoms with E-state index >= 15 is 0 Å². The van der Waals surface area contributed by atoms with Crippen LogP contribution in [-0.2, 0) is 9.53 Å². The third-order valence-corrected chi connectivity index (χ3v) is 3.72. The van der Waals surface area contributed by atoms with Crippen molar-refractivity contribution < 1.29 is 19.4 Å². The van der Waals surface area contributed by atoms with Crippen molar-refractivity contribution in [1.82, 2.24) is 4.90 Å². The van der Waals surface area contributed by atoms with Gasteiger partial charge in [0.1, 0.15) is 0 Å². The average molecular weight is 306 g/mol. The number of aliphatic carboxylic acids is 1. The van der Waals surface area contributed by atoms with E-state index in [0.29, 0.717) is 31.7 Å². The van der Waals surface area contributed by atoms with Crippen LogP contribution < -0.4 is 4.90 Å². The maximum Gasteiger partial charge on any atom is 0.303 e. The van der Waals surface area contributed by atoms with Crippen LogP contribution in [0.1, 0.15) is 23.2 Å². The Labute approximate surface area is 130 Å². The number of ether oxygens (including phenoxy) is 1. The predicted octanol–water partition coefficient (Wildman–Crippen LogP) is 1.46. The van der Waals surface area contributed by atoms with E-state index < -0.39 is 5.97 Å². The molecule has 0 saturated carbocycles. The summed E-state index contributed by atoms with van der Waals surface area (Å²) in [6.45, 7) is 3.30. The monoisotopic (exact) mass is 306 g/mol. The Bertz CT molecular complexity index is 527. The number of morpholine rings is 1. The fourth-order valence-corrected chi connectivity index (χ4v) is 2.51. The van der Waals surface area contributed by atoms with Crippen molar-refractivity contribution in [3.63, 3.8) is 0 Å². The summed E-state index contributed by atoms with van der Waals surface area (Å²) in [4.78, 5) is 26.9. The Kier molecular flexibility index (Phi) is 5.77. The number of nitrogens with zero attached hydrogens (tertiary/aromatic N) is 2. The second kappa shape index (κ2) is 7.79. The fraction of sp³-hybridized carbons (Fsp3) is 0.500. The molecule has 1 N–H and O–H groups in total. The molecule has 1 aliphatic heterocycles. The lowest BCUT2D eigenvalue weighted by Crippen LogP contribution is -2.38. The lowest BCUT2D eigenvalue weighted by molar-refractivity contribution is -0.137. The van der Waals surface area contributed by atoms with E-state index in [1.54, 1.807) is 11.9 Å². The first-order chi connectivity index (χ1) is 10.6. The van der Waals surface area contributed by atoms with Crippen LogP contribution in [0.2, 0.25) is 0 Å². The molecule has 1 amide bonds. The third-order valence-electron chi connectivity index (χ3n) is 3.72. The summed E-state index contributed by atoms with van der Waals surface area (Å²) >= 11 is 0. The van der Waals surface area contributed by atoms with Crippen LogP contribution >= 0.6 is 0 Å². The van der Waals surface area contributed by atoms with Crippen molar-refractivity contribution in [2.45, 2.75) is 12.8 Å². The number of carbonyl (C=O) groups is 2. The summed E-state index contributed by atoms with van der Waals surface area (Å²) in [5.74, 6) is -0.915. The molecule has 0 aliphatic carbocycles. The van der Waals surface area contributed by atoms with Gasteiger partial charge >= 0.3 is 5.97 Å². The maximum atomic E-state index is 12.6. The number of para-hydroxylation sites is 1. The van der Waals surface area contributed by atoms with Gasteiger partial charge in [-0.3, -0.25) is 9.59 Å². The average Bonchev–Trinajstić information content (AvgIpc) is 2.54. The molecule has 0 atom stereocenters. The summed E-state index contributed by atoms with van der Waals surface area (Å²) in [5.41, 5.74) is 1.57. The van der Waals surface area contributed by atoms with Gasteiger partial charge in [-0.1, -0.05) is 12.1 Å². The molecule has 1 aliphatic rings. The highest BCUT2D eigenvalue weighted by Crippen LogP contribution is 2.22. The molecule has 0 aromatic heterocycles. The Morgan fingerprint density at radius 1 is 1.27 bits per heavy atom. The highest BCUT2D eigenvalue weighted by molar-refractivity contribution is 5.99. The molecule has 1 aromatic rings. The lowest BCUT2D eigenvalue weighted by Gasteiger charge is -2.31. The Morgan fingerprint density at radius 2 is 1.95 bits per heavy atom. The first kappa shape index (κ1) is 16.3. The molecule has 6 nitrogen and oxygen atoms in total. The standard InChI is InChI=1S/C16H22N2O4/c1-17(8-4-7-15(19)20)16(21)13-5-2-3-6-14(13)18-9-11-22-12-10-18/h2-3,5-6H,4,7-12H2,1H3,(H,19,20). The SMILES string of the molecule is CN(CCCC(=O)O)C(=O)c1ccccc1N1CCOCC1. The van der Waals surface area contributed by atoms with Gasteiger partial charge in [0.2, 0.25) is 0 Å². The molecule has 6 heteroatoms. The minimum absolute atomic E-state index is 0.0722. The second-order valence-electron chi connectivity index (χ2n) is 5.34. The van der Waals surface area contributed by atoms with Crippen LogP contribution in [0.25, 0.3) is 0 Å². The number of amides is 1. The number of carboxylic acids is 1. The minimum Gasteiger partial charge on any atom is -0.481 e. The molecule has 1 saturated heterocycles. The second-order valence-corrected chi connectivity index (χ2v) is 5.34. The molecule has 22 heavy (non-hydrogen) atoms. The minimum atomic E-state index is -0.838. The fourth-order valence-electron chi connectivity index (χ4n) is 2.51. The highest BCUT2D eigenvalue weighted by Gasteiger charge is 2.20. The van der Waals surface area contributed by atoms with Crippen LogP contribution in [0, 0.1) is 0 Å². The summed E-state index contributed by atoms with van der Waals surface area (Å²) < 4.78 is 5.35. The number of hydrogen-bond donors (Lipinski definition) is 1. The molecule has 1 fully saturated rings. The van der Waals surface area contributed by atoms with E-state index in [0.717, 1.165) is 18.8 Å². The lowest BCUT2D eigenvalue weighted by atomic mass is 10.1. The molecular formula is C16H22N2O4. The first-order valence-corrected chi connectivity index (χ1v) is 7.48. The number of carboxylic acid groups (broad SMARTS) is 1. The Morgan fingerprint density at radius 3 is 2.64 bits per heavy atom. The van der Waals surface area contributed by atoms with Crippen LogP contribution in [0.4, 0.5) is 5.69 Å². The number of carbonyl (C=O) groups excluding carboxylic acids is 1. The Hall–Kier alpha value is -2.08. The topological polar surface area (TPSA) is 70.1 Å². The van der Waals surface area contributed by atoms with Gasteiger partial charge in [-0.2, -0.15) is 0 Å². The maximum absolute atomic E-state index is 12.6. The molecule has 0 bridgehead atoms. The molecular weight excluding hydrogens is 284 g/mol. The van der Waals surface area contributed by atoms with Crippen molar-refractivity contribution in [2.75, 3.05) is 44.8 Å². The number of benzene rings is 1. The van der Waals surface area contributed by atoms with Crippen molar-refractivity contribution >= 4 is 17.6 Å². The molecule has 1 aromatic carbocycles. The van der Waals surface area contributed by atoms with E-state index in [4.69, 9.17) is 9.84 Å². The van der Waals surface area contributed by atoms with Crippen molar-refractivity contribution in [2.24, 2.45) is 0 Å². The predicted molar refractivity (Wildman–Crippen MR) is 83.3 cm³/mol.